The summed E-state index contributed by atoms with van der Waals surface area (Å²) in [4.78, 5) is 0. The summed E-state index contributed by atoms with van der Waals surface area (Å²) in [7, 11) is 0. The molecule has 0 unspecified atom stereocenters. The molecule has 0 radical (unpaired) electrons. The van der Waals surface area contributed by atoms with Crippen LogP contribution in [-0.2, 0) is 6.54 Å². The van der Waals surface area contributed by atoms with Crippen LogP contribution in [0.25, 0.3) is 11.1 Å². The third-order valence-corrected chi connectivity index (χ3v) is 3.83. The van der Waals surface area contributed by atoms with Crippen molar-refractivity contribution in [1.82, 2.24) is 5.32 Å². The van der Waals surface area contributed by atoms with E-state index in [-0.39, 0.29) is 5.82 Å². The Kier molecular flexibility index (Phi) is 2.95. The van der Waals surface area contributed by atoms with Gasteiger partial charge in [0.15, 0.2) is 0 Å². The van der Waals surface area contributed by atoms with E-state index in [1.807, 2.05) is 6.07 Å². The molecule has 88 valence electrons. The Labute approximate surface area is 104 Å². The molecule has 0 aliphatic heterocycles. The summed E-state index contributed by atoms with van der Waals surface area (Å²) in [6.45, 7) is 0.889. The van der Waals surface area contributed by atoms with Crippen LogP contribution in [0.15, 0.2) is 35.0 Å². The molecule has 1 N–H and O–H groups in total. The summed E-state index contributed by atoms with van der Waals surface area (Å²) in [6, 6.07) is 7.52. The number of nitrogens with one attached hydrogen (secondary N) is 1. The number of hydrogen-bond acceptors (Lipinski definition) is 2. The van der Waals surface area contributed by atoms with E-state index in [1.165, 1.54) is 24.5 Å². The highest BCUT2D eigenvalue weighted by Crippen LogP contribution is 2.29. The highest BCUT2D eigenvalue weighted by Gasteiger charge is 2.20. The molecule has 0 saturated heterocycles. The van der Waals surface area contributed by atoms with E-state index in [0.29, 0.717) is 6.04 Å². The van der Waals surface area contributed by atoms with Gasteiger partial charge in [-0.05, 0) is 52.4 Å². The maximum Gasteiger partial charge on any atom is 0.123 e. The first-order valence-corrected chi connectivity index (χ1v) is 6.81. The van der Waals surface area contributed by atoms with Gasteiger partial charge in [-0.25, -0.2) is 4.39 Å². The molecule has 0 spiro atoms. The van der Waals surface area contributed by atoms with Crippen molar-refractivity contribution >= 4 is 11.3 Å². The lowest BCUT2D eigenvalue weighted by atomic mass is 10.0. The van der Waals surface area contributed by atoms with Crippen molar-refractivity contribution < 1.29 is 4.39 Å². The van der Waals surface area contributed by atoms with E-state index >= 15 is 0 Å². The van der Waals surface area contributed by atoms with Crippen molar-refractivity contribution in [2.75, 3.05) is 0 Å². The van der Waals surface area contributed by atoms with E-state index in [4.69, 9.17) is 0 Å². The topological polar surface area (TPSA) is 12.0 Å². The summed E-state index contributed by atoms with van der Waals surface area (Å²) >= 11 is 1.68. The summed E-state index contributed by atoms with van der Waals surface area (Å²) in [5, 5.41) is 7.74. The number of halogens is 1. The minimum atomic E-state index is -0.171. The van der Waals surface area contributed by atoms with E-state index in [2.05, 4.69) is 16.1 Å². The smallest absolute Gasteiger partial charge is 0.123 e. The predicted molar refractivity (Wildman–Crippen MR) is 69.6 cm³/mol. The fraction of sp³-hybridized carbons (Fsp3) is 0.286. The summed E-state index contributed by atoms with van der Waals surface area (Å²) in [5.41, 5.74) is 3.40. The minimum Gasteiger partial charge on any atom is -0.310 e. The Morgan fingerprint density at radius 1 is 1.29 bits per heavy atom. The highest BCUT2D eigenvalue weighted by atomic mass is 32.1. The van der Waals surface area contributed by atoms with Gasteiger partial charge in [0.25, 0.3) is 0 Å². The van der Waals surface area contributed by atoms with Crippen molar-refractivity contribution in [2.24, 2.45) is 0 Å². The van der Waals surface area contributed by atoms with Crippen LogP contribution in [0.1, 0.15) is 18.4 Å². The molecular weight excluding hydrogens is 233 g/mol. The van der Waals surface area contributed by atoms with Crippen LogP contribution in [0.3, 0.4) is 0 Å². The summed E-state index contributed by atoms with van der Waals surface area (Å²) < 4.78 is 13.2. The van der Waals surface area contributed by atoms with Crippen LogP contribution in [0, 0.1) is 5.82 Å². The molecule has 1 aromatic carbocycles. The van der Waals surface area contributed by atoms with Gasteiger partial charge in [0.2, 0.25) is 0 Å². The molecule has 0 amide bonds. The lowest BCUT2D eigenvalue weighted by molar-refractivity contribution is 0.628. The number of thiophene rings is 1. The average Bonchev–Trinajstić information content (AvgIpc) is 3.04. The van der Waals surface area contributed by atoms with Crippen LogP contribution in [-0.4, -0.2) is 6.04 Å². The molecule has 1 heterocycles. The molecule has 0 atom stereocenters. The molecule has 1 aromatic heterocycles. The van der Waals surface area contributed by atoms with Gasteiger partial charge in [0, 0.05) is 12.6 Å². The Morgan fingerprint density at radius 2 is 2.18 bits per heavy atom. The standard InChI is InChI=1S/C14H14FNS/c15-12-3-1-2-10(6-12)14-9-17-8-11(14)7-16-13-4-5-13/h1-3,6,8-9,13,16H,4-5,7H2. The van der Waals surface area contributed by atoms with Crippen LogP contribution in [0.2, 0.25) is 0 Å². The first-order valence-electron chi connectivity index (χ1n) is 5.87. The maximum absolute atomic E-state index is 13.2. The van der Waals surface area contributed by atoms with Crippen LogP contribution in [0.5, 0.6) is 0 Å². The normalized spacial score (nSPS) is 15.1. The van der Waals surface area contributed by atoms with E-state index in [1.54, 1.807) is 23.5 Å². The quantitative estimate of drug-likeness (QED) is 0.866. The van der Waals surface area contributed by atoms with Gasteiger partial charge in [-0.15, -0.1) is 0 Å². The molecule has 1 fully saturated rings. The fourth-order valence-corrected chi connectivity index (χ4v) is 2.78. The number of hydrogen-bond donors (Lipinski definition) is 1. The van der Waals surface area contributed by atoms with Gasteiger partial charge in [-0.1, -0.05) is 12.1 Å². The molecule has 1 aliphatic carbocycles. The molecule has 2 aromatic rings. The second-order valence-electron chi connectivity index (χ2n) is 4.48. The Morgan fingerprint density at radius 3 is 2.94 bits per heavy atom. The third kappa shape index (κ3) is 2.56. The zero-order valence-electron chi connectivity index (χ0n) is 9.45. The molecule has 1 aliphatic rings. The van der Waals surface area contributed by atoms with Crippen molar-refractivity contribution in [3.05, 3.63) is 46.4 Å². The fourth-order valence-electron chi connectivity index (χ4n) is 1.91. The SMILES string of the molecule is Fc1cccc(-c2cscc2CNC2CC2)c1. The zero-order valence-corrected chi connectivity index (χ0v) is 10.3. The Balaban J connectivity index is 1.83. The van der Waals surface area contributed by atoms with Gasteiger partial charge >= 0.3 is 0 Å². The van der Waals surface area contributed by atoms with E-state index in [9.17, 15) is 4.39 Å². The summed E-state index contributed by atoms with van der Waals surface area (Å²) in [6.07, 6.45) is 2.58. The minimum absolute atomic E-state index is 0.171. The van der Waals surface area contributed by atoms with E-state index < -0.39 is 0 Å². The molecular formula is C14H14FNS. The van der Waals surface area contributed by atoms with Crippen LogP contribution >= 0.6 is 11.3 Å². The lowest BCUT2D eigenvalue weighted by Crippen LogP contribution is -2.15. The third-order valence-electron chi connectivity index (χ3n) is 3.04. The first-order chi connectivity index (χ1) is 8.33. The Bertz CT molecular complexity index is 516. The number of rotatable bonds is 4. The van der Waals surface area contributed by atoms with Crippen molar-refractivity contribution in [2.45, 2.75) is 25.4 Å². The molecule has 1 saturated carbocycles. The molecule has 3 heteroatoms. The lowest BCUT2D eigenvalue weighted by Gasteiger charge is -2.05. The molecule has 3 rings (SSSR count). The summed E-state index contributed by atoms with van der Waals surface area (Å²) in [5.74, 6) is -0.171. The zero-order chi connectivity index (χ0) is 11.7. The van der Waals surface area contributed by atoms with Crippen LogP contribution in [0.4, 0.5) is 4.39 Å². The maximum atomic E-state index is 13.2. The molecule has 1 nitrogen and oxygen atoms in total. The Hall–Kier alpha value is -1.19. The predicted octanol–water partition coefficient (Wildman–Crippen LogP) is 3.81. The molecule has 17 heavy (non-hydrogen) atoms. The average molecular weight is 247 g/mol. The van der Waals surface area contributed by atoms with Crippen molar-refractivity contribution in [3.63, 3.8) is 0 Å². The highest BCUT2D eigenvalue weighted by molar-refractivity contribution is 7.08. The second kappa shape index (κ2) is 4.59. The van der Waals surface area contributed by atoms with Gasteiger partial charge < -0.3 is 5.32 Å². The van der Waals surface area contributed by atoms with Gasteiger partial charge in [0.1, 0.15) is 5.82 Å². The second-order valence-corrected chi connectivity index (χ2v) is 5.22. The monoisotopic (exact) mass is 247 g/mol. The number of benzene rings is 1. The largest absolute Gasteiger partial charge is 0.310 e. The van der Waals surface area contributed by atoms with Gasteiger partial charge in [0.05, 0.1) is 0 Å². The van der Waals surface area contributed by atoms with Gasteiger partial charge in [-0.3, -0.25) is 0 Å². The van der Waals surface area contributed by atoms with E-state index in [0.717, 1.165) is 17.7 Å². The first kappa shape index (κ1) is 10.9. The van der Waals surface area contributed by atoms with Gasteiger partial charge in [-0.2, -0.15) is 11.3 Å². The molecule has 0 bridgehead atoms. The van der Waals surface area contributed by atoms with Crippen LogP contribution < -0.4 is 5.32 Å². The van der Waals surface area contributed by atoms with Crippen molar-refractivity contribution in [1.29, 1.82) is 0 Å². The van der Waals surface area contributed by atoms with Crippen molar-refractivity contribution in [3.8, 4) is 11.1 Å².